The van der Waals surface area contributed by atoms with Crippen LogP contribution in [0.15, 0.2) is 23.2 Å². The van der Waals surface area contributed by atoms with Crippen molar-refractivity contribution < 1.29 is 0 Å². The predicted octanol–water partition coefficient (Wildman–Crippen LogP) is 2.04. The van der Waals surface area contributed by atoms with Gasteiger partial charge in [0, 0.05) is 17.6 Å². The molecule has 0 aliphatic rings. The summed E-state index contributed by atoms with van der Waals surface area (Å²) in [6.45, 7) is 2.71. The van der Waals surface area contributed by atoms with Crippen LogP contribution in [0.3, 0.4) is 0 Å². The highest BCUT2D eigenvalue weighted by atomic mass is 32.2. The summed E-state index contributed by atoms with van der Waals surface area (Å²) in [6, 6.07) is 4.03. The average Bonchev–Trinajstić information content (AvgIpc) is 2.15. The van der Waals surface area contributed by atoms with E-state index in [0.29, 0.717) is 6.54 Å². The van der Waals surface area contributed by atoms with Crippen LogP contribution in [0, 0.1) is 0 Å². The van der Waals surface area contributed by atoms with Crippen molar-refractivity contribution in [2.75, 3.05) is 5.75 Å². The molecule has 0 unspecified atom stereocenters. The Bertz CT molecular complexity index is 238. The SMILES string of the molecule is CCCSc1cccnc1CN. The van der Waals surface area contributed by atoms with Gasteiger partial charge in [0.15, 0.2) is 0 Å². The molecule has 0 radical (unpaired) electrons. The molecular formula is C9H14N2S. The smallest absolute Gasteiger partial charge is 0.0674 e. The number of hydrogen-bond acceptors (Lipinski definition) is 3. The van der Waals surface area contributed by atoms with Gasteiger partial charge in [-0.3, -0.25) is 4.98 Å². The van der Waals surface area contributed by atoms with Gasteiger partial charge >= 0.3 is 0 Å². The molecule has 0 atom stereocenters. The Labute approximate surface area is 77.6 Å². The van der Waals surface area contributed by atoms with E-state index in [9.17, 15) is 0 Å². The van der Waals surface area contributed by atoms with Crippen molar-refractivity contribution in [1.82, 2.24) is 4.98 Å². The Balaban J connectivity index is 2.68. The molecule has 2 N–H and O–H groups in total. The van der Waals surface area contributed by atoms with E-state index in [1.807, 2.05) is 17.8 Å². The summed E-state index contributed by atoms with van der Waals surface area (Å²) in [5, 5.41) is 0. The minimum absolute atomic E-state index is 0.535. The highest BCUT2D eigenvalue weighted by molar-refractivity contribution is 7.99. The normalized spacial score (nSPS) is 10.2. The van der Waals surface area contributed by atoms with Crippen LogP contribution in [0.5, 0.6) is 0 Å². The first-order valence-electron chi connectivity index (χ1n) is 4.15. The highest BCUT2D eigenvalue weighted by Crippen LogP contribution is 2.20. The van der Waals surface area contributed by atoms with Crippen LogP contribution in [-0.2, 0) is 6.54 Å². The number of rotatable bonds is 4. The molecule has 0 spiro atoms. The van der Waals surface area contributed by atoms with Gasteiger partial charge in [-0.1, -0.05) is 6.92 Å². The lowest BCUT2D eigenvalue weighted by Crippen LogP contribution is -2.01. The number of nitrogens with zero attached hydrogens (tertiary/aromatic N) is 1. The Hall–Kier alpha value is -0.540. The van der Waals surface area contributed by atoms with E-state index in [4.69, 9.17) is 5.73 Å². The maximum absolute atomic E-state index is 5.55. The number of nitrogens with two attached hydrogens (primary N) is 1. The molecule has 0 aliphatic carbocycles. The zero-order chi connectivity index (χ0) is 8.81. The average molecular weight is 182 g/mol. The first kappa shape index (κ1) is 9.55. The zero-order valence-corrected chi connectivity index (χ0v) is 8.10. The molecule has 1 heterocycles. The van der Waals surface area contributed by atoms with E-state index in [0.717, 1.165) is 11.4 Å². The lowest BCUT2D eigenvalue weighted by molar-refractivity contribution is 0.942. The summed E-state index contributed by atoms with van der Waals surface area (Å²) in [5.74, 6) is 1.14. The molecule has 0 aromatic carbocycles. The molecule has 0 saturated carbocycles. The predicted molar refractivity (Wildman–Crippen MR) is 53.1 cm³/mol. The third kappa shape index (κ3) is 2.50. The third-order valence-electron chi connectivity index (χ3n) is 1.50. The molecule has 1 aromatic heterocycles. The second-order valence-corrected chi connectivity index (χ2v) is 3.64. The van der Waals surface area contributed by atoms with Crippen molar-refractivity contribution in [3.8, 4) is 0 Å². The maximum atomic E-state index is 5.55. The largest absolute Gasteiger partial charge is 0.325 e. The van der Waals surface area contributed by atoms with Crippen LogP contribution in [0.2, 0.25) is 0 Å². The molecule has 1 aromatic rings. The van der Waals surface area contributed by atoms with E-state index in [-0.39, 0.29) is 0 Å². The molecule has 1 rings (SSSR count). The fraction of sp³-hybridized carbons (Fsp3) is 0.444. The molecule has 0 amide bonds. The van der Waals surface area contributed by atoms with E-state index in [2.05, 4.69) is 18.0 Å². The minimum Gasteiger partial charge on any atom is -0.325 e. The van der Waals surface area contributed by atoms with Crippen LogP contribution >= 0.6 is 11.8 Å². The van der Waals surface area contributed by atoms with E-state index in [1.165, 1.54) is 11.3 Å². The fourth-order valence-corrected chi connectivity index (χ4v) is 1.82. The lowest BCUT2D eigenvalue weighted by Gasteiger charge is -2.03. The third-order valence-corrected chi connectivity index (χ3v) is 2.80. The van der Waals surface area contributed by atoms with Gasteiger partial charge in [0.1, 0.15) is 0 Å². The van der Waals surface area contributed by atoms with Crippen molar-refractivity contribution in [2.45, 2.75) is 24.8 Å². The number of hydrogen-bond donors (Lipinski definition) is 1. The van der Waals surface area contributed by atoms with Gasteiger partial charge in [0.2, 0.25) is 0 Å². The van der Waals surface area contributed by atoms with Crippen LogP contribution in [-0.4, -0.2) is 10.7 Å². The second-order valence-electron chi connectivity index (χ2n) is 2.50. The van der Waals surface area contributed by atoms with Crippen molar-refractivity contribution in [1.29, 1.82) is 0 Å². The molecule has 2 nitrogen and oxygen atoms in total. The molecule has 0 saturated heterocycles. The van der Waals surface area contributed by atoms with E-state index < -0.39 is 0 Å². The van der Waals surface area contributed by atoms with Crippen molar-refractivity contribution in [3.05, 3.63) is 24.0 Å². The molecule has 12 heavy (non-hydrogen) atoms. The quantitative estimate of drug-likeness (QED) is 0.724. The van der Waals surface area contributed by atoms with Crippen LogP contribution in [0.4, 0.5) is 0 Å². The van der Waals surface area contributed by atoms with Crippen LogP contribution in [0.25, 0.3) is 0 Å². The van der Waals surface area contributed by atoms with Gasteiger partial charge in [-0.15, -0.1) is 11.8 Å². The Morgan fingerprint density at radius 2 is 2.42 bits per heavy atom. The van der Waals surface area contributed by atoms with Crippen LogP contribution < -0.4 is 5.73 Å². The second kappa shape index (κ2) is 5.17. The maximum Gasteiger partial charge on any atom is 0.0674 e. The van der Waals surface area contributed by atoms with E-state index >= 15 is 0 Å². The van der Waals surface area contributed by atoms with Gasteiger partial charge in [0.25, 0.3) is 0 Å². The number of aromatic nitrogens is 1. The zero-order valence-electron chi connectivity index (χ0n) is 7.29. The molecule has 0 aliphatic heterocycles. The minimum atomic E-state index is 0.535. The summed E-state index contributed by atoms with van der Waals surface area (Å²) in [5.41, 5.74) is 6.56. The van der Waals surface area contributed by atoms with Gasteiger partial charge in [-0.2, -0.15) is 0 Å². The Kier molecular flexibility index (Phi) is 4.11. The van der Waals surface area contributed by atoms with Crippen LogP contribution in [0.1, 0.15) is 19.0 Å². The molecule has 0 bridgehead atoms. The van der Waals surface area contributed by atoms with Gasteiger partial charge < -0.3 is 5.73 Å². The molecule has 66 valence electrons. The summed E-state index contributed by atoms with van der Waals surface area (Å²) in [6.07, 6.45) is 2.97. The van der Waals surface area contributed by atoms with Gasteiger partial charge in [-0.05, 0) is 24.3 Å². The highest BCUT2D eigenvalue weighted by Gasteiger charge is 1.99. The lowest BCUT2D eigenvalue weighted by atomic mass is 10.3. The molecule has 0 fully saturated rings. The Morgan fingerprint density at radius 1 is 1.58 bits per heavy atom. The van der Waals surface area contributed by atoms with Crippen molar-refractivity contribution in [3.63, 3.8) is 0 Å². The van der Waals surface area contributed by atoms with Crippen molar-refractivity contribution >= 4 is 11.8 Å². The standard InChI is InChI=1S/C9H14N2S/c1-2-6-12-9-4-3-5-11-8(9)7-10/h3-5H,2,6-7,10H2,1H3. The summed E-state index contributed by atoms with van der Waals surface area (Å²) < 4.78 is 0. The number of pyridine rings is 1. The first-order chi connectivity index (χ1) is 5.88. The number of thioether (sulfide) groups is 1. The summed E-state index contributed by atoms with van der Waals surface area (Å²) in [7, 11) is 0. The van der Waals surface area contributed by atoms with Gasteiger partial charge in [-0.25, -0.2) is 0 Å². The molecular weight excluding hydrogens is 168 g/mol. The topological polar surface area (TPSA) is 38.9 Å². The Morgan fingerprint density at radius 3 is 3.08 bits per heavy atom. The summed E-state index contributed by atoms with van der Waals surface area (Å²) >= 11 is 1.83. The first-order valence-corrected chi connectivity index (χ1v) is 5.13. The van der Waals surface area contributed by atoms with Gasteiger partial charge in [0.05, 0.1) is 5.69 Å². The van der Waals surface area contributed by atoms with E-state index in [1.54, 1.807) is 6.20 Å². The molecule has 3 heteroatoms. The summed E-state index contributed by atoms with van der Waals surface area (Å²) in [4.78, 5) is 5.43. The monoisotopic (exact) mass is 182 g/mol. The fourth-order valence-electron chi connectivity index (χ4n) is 0.920. The van der Waals surface area contributed by atoms with Crippen molar-refractivity contribution in [2.24, 2.45) is 5.73 Å².